The second-order valence-corrected chi connectivity index (χ2v) is 6.72. The van der Waals surface area contributed by atoms with Gasteiger partial charge in [-0.3, -0.25) is 0 Å². The number of hydrogen-bond acceptors (Lipinski definition) is 4. The Morgan fingerprint density at radius 3 is 2.50 bits per heavy atom. The number of methoxy groups -OCH3 is 1. The number of phenols is 2. The predicted molar refractivity (Wildman–Crippen MR) is 104 cm³/mol. The molecule has 4 nitrogen and oxygen atoms in total. The first-order valence-electron chi connectivity index (χ1n) is 8.49. The van der Waals surface area contributed by atoms with E-state index in [2.05, 4.69) is 6.08 Å². The van der Waals surface area contributed by atoms with E-state index in [-0.39, 0.29) is 11.5 Å². The Labute approximate surface area is 150 Å². The Morgan fingerprint density at radius 1 is 1.00 bits per heavy atom. The molecule has 0 fully saturated rings. The third-order valence-electron chi connectivity index (χ3n) is 4.68. The normalized spacial score (nSPS) is 11.3. The van der Waals surface area contributed by atoms with E-state index in [9.17, 15) is 10.2 Å². The lowest BCUT2D eigenvalue weighted by Crippen LogP contribution is -1.93. The number of ether oxygens (including phenoxy) is 1. The minimum absolute atomic E-state index is 0.0934. The van der Waals surface area contributed by atoms with Crippen LogP contribution in [0.5, 0.6) is 17.2 Å². The molecule has 0 bridgehead atoms. The molecular weight excluding hydrogens is 328 g/mol. The maximum Gasteiger partial charge on any atom is 0.167 e. The maximum atomic E-state index is 10.5. The molecule has 0 atom stereocenters. The molecule has 0 spiro atoms. The van der Waals surface area contributed by atoms with Crippen molar-refractivity contribution in [2.24, 2.45) is 0 Å². The molecule has 1 heterocycles. The molecule has 0 amide bonds. The zero-order valence-corrected chi connectivity index (χ0v) is 15.0. The monoisotopic (exact) mass is 348 g/mol. The van der Waals surface area contributed by atoms with E-state index >= 15 is 0 Å². The van der Waals surface area contributed by atoms with Crippen molar-refractivity contribution in [2.45, 2.75) is 20.3 Å². The largest absolute Gasteiger partial charge is 0.508 e. The van der Waals surface area contributed by atoms with Gasteiger partial charge in [0.2, 0.25) is 0 Å². The standard InChI is InChI=1S/C22H20O4/c1-12(2)4-8-16-21-18(11-19(24)22(16)25-3)15-9-6-13-5-7-14(23)10-17(13)20(15)26-21/h4-7,9-11,23-24H,8H2,1-3H3. The Morgan fingerprint density at radius 2 is 1.77 bits per heavy atom. The van der Waals surface area contributed by atoms with E-state index in [1.165, 1.54) is 5.57 Å². The van der Waals surface area contributed by atoms with Gasteiger partial charge >= 0.3 is 0 Å². The lowest BCUT2D eigenvalue weighted by Gasteiger charge is -2.09. The van der Waals surface area contributed by atoms with Crippen LogP contribution < -0.4 is 4.74 Å². The van der Waals surface area contributed by atoms with Crippen LogP contribution in [-0.2, 0) is 6.42 Å². The summed E-state index contributed by atoms with van der Waals surface area (Å²) in [7, 11) is 1.54. The van der Waals surface area contributed by atoms with Crippen LogP contribution in [0, 0.1) is 0 Å². The van der Waals surface area contributed by atoms with Gasteiger partial charge in [-0.05, 0) is 49.9 Å². The van der Waals surface area contributed by atoms with Crippen molar-refractivity contribution in [3.05, 3.63) is 53.6 Å². The molecule has 4 rings (SSSR count). The quantitative estimate of drug-likeness (QED) is 0.468. The molecule has 2 N–H and O–H groups in total. The van der Waals surface area contributed by atoms with Gasteiger partial charge in [0.25, 0.3) is 0 Å². The average molecular weight is 348 g/mol. The van der Waals surface area contributed by atoms with Gasteiger partial charge in [-0.25, -0.2) is 0 Å². The Kier molecular flexibility index (Phi) is 3.76. The summed E-state index contributed by atoms with van der Waals surface area (Å²) in [6.07, 6.45) is 2.67. The lowest BCUT2D eigenvalue weighted by atomic mass is 10.0. The number of rotatable bonds is 3. The number of phenolic OH excluding ortho intramolecular Hbond substituents is 2. The number of furan rings is 1. The number of allylic oxidation sites excluding steroid dienone is 2. The molecule has 0 radical (unpaired) electrons. The first kappa shape index (κ1) is 16.3. The summed E-state index contributed by atoms with van der Waals surface area (Å²) < 4.78 is 11.7. The average Bonchev–Trinajstić information content (AvgIpc) is 2.98. The van der Waals surface area contributed by atoms with Gasteiger partial charge in [-0.1, -0.05) is 23.8 Å². The van der Waals surface area contributed by atoms with Crippen LogP contribution >= 0.6 is 0 Å². The van der Waals surface area contributed by atoms with Crippen molar-refractivity contribution >= 4 is 32.7 Å². The number of fused-ring (bicyclic) bond motifs is 5. The highest BCUT2D eigenvalue weighted by Gasteiger charge is 2.20. The van der Waals surface area contributed by atoms with E-state index in [0.717, 1.165) is 27.1 Å². The van der Waals surface area contributed by atoms with Gasteiger partial charge in [-0.2, -0.15) is 0 Å². The van der Waals surface area contributed by atoms with Crippen LogP contribution in [-0.4, -0.2) is 17.3 Å². The van der Waals surface area contributed by atoms with Gasteiger partial charge < -0.3 is 19.4 Å². The molecule has 0 aliphatic carbocycles. The minimum Gasteiger partial charge on any atom is -0.508 e. The predicted octanol–water partition coefficient (Wildman–Crippen LogP) is 5.67. The molecule has 4 heteroatoms. The highest BCUT2D eigenvalue weighted by molar-refractivity contribution is 6.16. The second kappa shape index (κ2) is 5.99. The van der Waals surface area contributed by atoms with E-state index in [4.69, 9.17) is 9.15 Å². The third-order valence-corrected chi connectivity index (χ3v) is 4.68. The summed E-state index contributed by atoms with van der Waals surface area (Å²) >= 11 is 0. The van der Waals surface area contributed by atoms with Gasteiger partial charge in [0.1, 0.15) is 16.9 Å². The highest BCUT2D eigenvalue weighted by atomic mass is 16.5. The molecule has 0 aliphatic rings. The molecule has 132 valence electrons. The first-order chi connectivity index (χ1) is 12.5. The molecule has 1 aromatic heterocycles. The summed E-state index contributed by atoms with van der Waals surface area (Å²) in [5.74, 6) is 0.715. The summed E-state index contributed by atoms with van der Waals surface area (Å²) in [4.78, 5) is 0. The smallest absolute Gasteiger partial charge is 0.167 e. The molecule has 4 aromatic rings. The van der Waals surface area contributed by atoms with Crippen LogP contribution in [0.4, 0.5) is 0 Å². The van der Waals surface area contributed by atoms with Gasteiger partial charge in [0.05, 0.1) is 7.11 Å². The second-order valence-electron chi connectivity index (χ2n) is 6.72. The van der Waals surface area contributed by atoms with Crippen molar-refractivity contribution in [3.8, 4) is 17.2 Å². The topological polar surface area (TPSA) is 62.8 Å². The summed E-state index contributed by atoms with van der Waals surface area (Å²) in [6.45, 7) is 4.06. The lowest BCUT2D eigenvalue weighted by molar-refractivity contribution is 0.370. The van der Waals surface area contributed by atoms with Gasteiger partial charge in [-0.15, -0.1) is 0 Å². The van der Waals surface area contributed by atoms with Crippen molar-refractivity contribution < 1.29 is 19.4 Å². The molecule has 0 saturated heterocycles. The molecule has 0 aliphatic heterocycles. The number of benzene rings is 3. The summed E-state index contributed by atoms with van der Waals surface area (Å²) in [6, 6.07) is 10.9. The minimum atomic E-state index is 0.0934. The fourth-order valence-electron chi connectivity index (χ4n) is 3.43. The van der Waals surface area contributed by atoms with Crippen LogP contribution in [0.25, 0.3) is 32.7 Å². The summed E-state index contributed by atoms with van der Waals surface area (Å²) in [5.41, 5.74) is 3.38. The van der Waals surface area contributed by atoms with Gasteiger partial charge in [0.15, 0.2) is 11.5 Å². The maximum absolute atomic E-state index is 10.5. The number of aromatic hydroxyl groups is 2. The van der Waals surface area contributed by atoms with Crippen molar-refractivity contribution in [2.75, 3.05) is 7.11 Å². The van der Waals surface area contributed by atoms with E-state index in [1.807, 2.05) is 32.0 Å². The van der Waals surface area contributed by atoms with Crippen LogP contribution in [0.3, 0.4) is 0 Å². The van der Waals surface area contributed by atoms with Crippen molar-refractivity contribution in [1.82, 2.24) is 0 Å². The molecule has 0 unspecified atom stereocenters. The van der Waals surface area contributed by atoms with Crippen LogP contribution in [0.1, 0.15) is 19.4 Å². The van der Waals surface area contributed by atoms with E-state index < -0.39 is 0 Å². The fraction of sp³-hybridized carbons (Fsp3) is 0.182. The third kappa shape index (κ3) is 2.46. The fourth-order valence-corrected chi connectivity index (χ4v) is 3.43. The zero-order valence-electron chi connectivity index (χ0n) is 15.0. The highest BCUT2D eigenvalue weighted by Crippen LogP contribution is 2.43. The Hall–Kier alpha value is -3.14. The molecule has 0 saturated carbocycles. The van der Waals surface area contributed by atoms with Crippen LogP contribution in [0.15, 0.2) is 52.5 Å². The van der Waals surface area contributed by atoms with E-state index in [1.54, 1.807) is 25.3 Å². The molecule has 3 aromatic carbocycles. The first-order valence-corrected chi connectivity index (χ1v) is 8.49. The number of hydrogen-bond donors (Lipinski definition) is 2. The van der Waals surface area contributed by atoms with Crippen molar-refractivity contribution in [3.63, 3.8) is 0 Å². The Bertz CT molecular complexity index is 1180. The molecular formula is C22H20O4. The zero-order chi connectivity index (χ0) is 18.4. The van der Waals surface area contributed by atoms with E-state index in [0.29, 0.717) is 23.3 Å². The Balaban J connectivity index is 2.14. The summed E-state index contributed by atoms with van der Waals surface area (Å²) in [5, 5.41) is 23.9. The van der Waals surface area contributed by atoms with Gasteiger partial charge in [0, 0.05) is 21.7 Å². The van der Waals surface area contributed by atoms with Crippen LogP contribution in [0.2, 0.25) is 0 Å². The SMILES string of the molecule is COc1c(O)cc2c(oc3c4cc(O)ccc4ccc23)c1CC=C(C)C. The van der Waals surface area contributed by atoms with Crippen molar-refractivity contribution in [1.29, 1.82) is 0 Å². The molecule has 26 heavy (non-hydrogen) atoms.